The summed E-state index contributed by atoms with van der Waals surface area (Å²) in [5.41, 5.74) is 0. The van der Waals surface area contributed by atoms with Crippen LogP contribution in [0.4, 0.5) is 0 Å². The summed E-state index contributed by atoms with van der Waals surface area (Å²) in [7, 11) is 0. The fraction of sp³-hybridized carbons (Fsp3) is 1.00. The summed E-state index contributed by atoms with van der Waals surface area (Å²) in [6, 6.07) is 0. The lowest BCUT2D eigenvalue weighted by Gasteiger charge is -2.06. The minimum atomic E-state index is 0.196. The van der Waals surface area contributed by atoms with Gasteiger partial charge in [0.2, 0.25) is 0 Å². The van der Waals surface area contributed by atoms with Gasteiger partial charge in [-0.15, -0.1) is 0 Å². The van der Waals surface area contributed by atoms with Gasteiger partial charge in [0.15, 0.2) is 0 Å². The summed E-state index contributed by atoms with van der Waals surface area (Å²) < 4.78 is 15.9. The van der Waals surface area contributed by atoms with Crippen LogP contribution in [-0.2, 0) is 19.1 Å². The maximum absolute atomic E-state index is 8.04. The van der Waals surface area contributed by atoms with E-state index in [1.54, 1.807) is 0 Å². The van der Waals surface area contributed by atoms with Crippen LogP contribution in [0.5, 0.6) is 0 Å². The van der Waals surface area contributed by atoms with Gasteiger partial charge >= 0.3 is 0 Å². The summed E-state index contributed by atoms with van der Waals surface area (Å²) in [6.07, 6.45) is 7.73. The van der Waals surface area contributed by atoms with E-state index in [0.29, 0.717) is 33.0 Å². The van der Waals surface area contributed by atoms with Crippen molar-refractivity contribution in [2.45, 2.75) is 45.4 Å². The quantitative estimate of drug-likeness (QED) is 0.267. The Morgan fingerprint density at radius 1 is 0.579 bits per heavy atom. The van der Waals surface area contributed by atoms with Crippen molar-refractivity contribution in [1.82, 2.24) is 0 Å². The zero-order chi connectivity index (χ0) is 14.0. The Kier molecular flexibility index (Phi) is 17.6. The molecule has 0 bridgehead atoms. The van der Waals surface area contributed by atoms with E-state index in [1.165, 1.54) is 32.1 Å². The highest BCUT2D eigenvalue weighted by molar-refractivity contribution is 4.43. The van der Waals surface area contributed by atoms with E-state index in [2.05, 4.69) is 11.8 Å². The summed E-state index contributed by atoms with van der Waals surface area (Å²) in [4.78, 5) is 3.87. The van der Waals surface area contributed by atoms with Crippen molar-refractivity contribution >= 4 is 0 Å². The Hall–Kier alpha value is -0.200. The predicted molar refractivity (Wildman–Crippen MR) is 74.4 cm³/mol. The van der Waals surface area contributed by atoms with Crippen LogP contribution < -0.4 is 0 Å². The zero-order valence-corrected chi connectivity index (χ0v) is 12.3. The Labute approximate surface area is 117 Å². The maximum atomic E-state index is 8.04. The minimum Gasteiger partial charge on any atom is -0.379 e. The highest BCUT2D eigenvalue weighted by Crippen LogP contribution is 2.04. The lowest BCUT2D eigenvalue weighted by molar-refractivity contribution is -0.249. The van der Waals surface area contributed by atoms with Crippen LogP contribution in [0.25, 0.3) is 0 Å². The van der Waals surface area contributed by atoms with E-state index >= 15 is 0 Å². The van der Waals surface area contributed by atoms with E-state index < -0.39 is 0 Å². The monoisotopic (exact) mass is 278 g/mol. The van der Waals surface area contributed by atoms with Crippen molar-refractivity contribution in [3.05, 3.63) is 0 Å². The van der Waals surface area contributed by atoms with Gasteiger partial charge < -0.3 is 14.2 Å². The average Bonchev–Trinajstić information content (AvgIpc) is 2.43. The van der Waals surface area contributed by atoms with Crippen LogP contribution in [0.2, 0.25) is 0 Å². The van der Waals surface area contributed by atoms with Gasteiger partial charge in [-0.25, -0.2) is 4.89 Å². The van der Waals surface area contributed by atoms with Crippen molar-refractivity contribution in [2.24, 2.45) is 0 Å². The molecule has 0 radical (unpaired) electrons. The molecule has 0 atom stereocenters. The normalized spacial score (nSPS) is 11.1. The molecular formula is C14H30O5. The third-order valence-electron chi connectivity index (χ3n) is 2.71. The molecule has 0 aliphatic rings. The largest absolute Gasteiger partial charge is 0.379 e. The lowest BCUT2D eigenvalue weighted by atomic mass is 10.1. The molecule has 0 saturated heterocycles. The third kappa shape index (κ3) is 17.8. The van der Waals surface area contributed by atoms with Gasteiger partial charge in [0.05, 0.1) is 33.0 Å². The predicted octanol–water partition coefficient (Wildman–Crippen LogP) is 2.89. The van der Waals surface area contributed by atoms with Crippen LogP contribution in [0.3, 0.4) is 0 Å². The van der Waals surface area contributed by atoms with Gasteiger partial charge in [-0.3, -0.25) is 5.26 Å². The number of hydrogen-bond acceptors (Lipinski definition) is 5. The first-order chi connectivity index (χ1) is 9.41. The second-order valence-corrected chi connectivity index (χ2v) is 4.44. The fourth-order valence-corrected chi connectivity index (χ4v) is 1.62. The highest BCUT2D eigenvalue weighted by atomic mass is 17.1. The van der Waals surface area contributed by atoms with Gasteiger partial charge in [0, 0.05) is 6.61 Å². The Bertz CT molecular complexity index is 139. The van der Waals surface area contributed by atoms with Gasteiger partial charge in [-0.05, 0) is 6.42 Å². The highest BCUT2D eigenvalue weighted by Gasteiger charge is 1.93. The number of ether oxygens (including phenoxy) is 3. The molecule has 1 N–H and O–H groups in total. The molecule has 0 aromatic carbocycles. The first-order valence-electron chi connectivity index (χ1n) is 7.41. The molecule has 0 aliphatic heterocycles. The number of hydrogen-bond donors (Lipinski definition) is 1. The molecule has 5 nitrogen and oxygen atoms in total. The molecule has 0 aromatic heterocycles. The van der Waals surface area contributed by atoms with Crippen molar-refractivity contribution in [3.8, 4) is 0 Å². The molecular weight excluding hydrogens is 248 g/mol. The fourth-order valence-electron chi connectivity index (χ4n) is 1.62. The summed E-state index contributed by atoms with van der Waals surface area (Å²) in [6.45, 7) is 5.96. The van der Waals surface area contributed by atoms with E-state index in [9.17, 15) is 0 Å². The van der Waals surface area contributed by atoms with Gasteiger partial charge in [-0.1, -0.05) is 39.0 Å². The van der Waals surface area contributed by atoms with Crippen LogP contribution in [0, 0.1) is 0 Å². The second kappa shape index (κ2) is 17.8. The summed E-state index contributed by atoms with van der Waals surface area (Å²) in [5.74, 6) is 0. The average molecular weight is 278 g/mol. The van der Waals surface area contributed by atoms with Crippen LogP contribution in [-0.4, -0.2) is 51.5 Å². The molecule has 0 unspecified atom stereocenters. The SMILES string of the molecule is CCCCCCCCOCCOCCOCCOO. The van der Waals surface area contributed by atoms with Gasteiger partial charge in [0.25, 0.3) is 0 Å². The minimum absolute atomic E-state index is 0.196. The number of rotatable bonds is 16. The third-order valence-corrected chi connectivity index (χ3v) is 2.71. The second-order valence-electron chi connectivity index (χ2n) is 4.44. The van der Waals surface area contributed by atoms with Crippen molar-refractivity contribution in [1.29, 1.82) is 0 Å². The Morgan fingerprint density at radius 2 is 1.05 bits per heavy atom. The first kappa shape index (κ1) is 18.8. The molecule has 0 saturated carbocycles. The van der Waals surface area contributed by atoms with Crippen LogP contribution in [0.1, 0.15) is 45.4 Å². The van der Waals surface area contributed by atoms with Crippen molar-refractivity contribution in [2.75, 3.05) is 46.2 Å². The molecule has 5 heteroatoms. The smallest absolute Gasteiger partial charge is 0.105 e. The Morgan fingerprint density at radius 3 is 1.63 bits per heavy atom. The molecule has 0 aliphatic carbocycles. The summed E-state index contributed by atoms with van der Waals surface area (Å²) >= 11 is 0. The summed E-state index contributed by atoms with van der Waals surface area (Å²) in [5, 5.41) is 8.04. The standard InChI is InChI=1S/C14H30O5/c1-2-3-4-5-6-7-8-16-9-10-17-11-12-18-13-14-19-15/h15H,2-14H2,1H3. The molecule has 0 heterocycles. The number of unbranched alkanes of at least 4 members (excludes halogenated alkanes) is 5. The first-order valence-corrected chi connectivity index (χ1v) is 7.41. The van der Waals surface area contributed by atoms with E-state index in [-0.39, 0.29) is 6.61 Å². The molecule has 0 aromatic rings. The Balaban J connectivity index is 2.88. The zero-order valence-electron chi connectivity index (χ0n) is 12.3. The molecule has 0 rings (SSSR count). The molecule has 116 valence electrons. The van der Waals surface area contributed by atoms with E-state index in [0.717, 1.165) is 13.0 Å². The molecule has 19 heavy (non-hydrogen) atoms. The van der Waals surface area contributed by atoms with Gasteiger partial charge in [-0.2, -0.15) is 0 Å². The molecule has 0 fully saturated rings. The van der Waals surface area contributed by atoms with Crippen molar-refractivity contribution < 1.29 is 24.4 Å². The topological polar surface area (TPSA) is 57.2 Å². The van der Waals surface area contributed by atoms with Crippen LogP contribution >= 0.6 is 0 Å². The van der Waals surface area contributed by atoms with Crippen LogP contribution in [0.15, 0.2) is 0 Å². The maximum Gasteiger partial charge on any atom is 0.105 e. The molecule has 0 spiro atoms. The van der Waals surface area contributed by atoms with Crippen molar-refractivity contribution in [3.63, 3.8) is 0 Å². The van der Waals surface area contributed by atoms with E-state index in [4.69, 9.17) is 19.5 Å². The van der Waals surface area contributed by atoms with Gasteiger partial charge in [0.1, 0.15) is 6.61 Å². The van der Waals surface area contributed by atoms with E-state index in [1.807, 2.05) is 0 Å². The molecule has 0 amide bonds. The lowest BCUT2D eigenvalue weighted by Crippen LogP contribution is -2.11.